The zero-order valence-electron chi connectivity index (χ0n) is 11.9. The number of halogens is 1. The molecule has 0 aliphatic carbocycles. The van der Waals surface area contributed by atoms with E-state index < -0.39 is 5.60 Å². The normalized spacial score (nSPS) is 18.8. The van der Waals surface area contributed by atoms with Crippen molar-refractivity contribution in [1.29, 1.82) is 0 Å². The van der Waals surface area contributed by atoms with E-state index in [0.717, 1.165) is 0 Å². The molecule has 0 aromatic heterocycles. The van der Waals surface area contributed by atoms with Gasteiger partial charge in [0.2, 0.25) is 5.91 Å². The van der Waals surface area contributed by atoms with Crippen LogP contribution in [0.5, 0.6) is 0 Å². The summed E-state index contributed by atoms with van der Waals surface area (Å²) in [7, 11) is 0. The van der Waals surface area contributed by atoms with Crippen LogP contribution in [0.3, 0.4) is 0 Å². The summed E-state index contributed by atoms with van der Waals surface area (Å²) in [4.78, 5) is 13.9. The molecule has 1 aliphatic heterocycles. The maximum absolute atomic E-state index is 13.4. The first-order valence-corrected chi connectivity index (χ1v) is 6.86. The second kappa shape index (κ2) is 5.89. The van der Waals surface area contributed by atoms with Crippen LogP contribution in [0.1, 0.15) is 25.3 Å². The summed E-state index contributed by atoms with van der Waals surface area (Å²) in [6.45, 7) is 5.16. The Balaban J connectivity index is 1.85. The van der Waals surface area contributed by atoms with Gasteiger partial charge in [0, 0.05) is 18.8 Å². The van der Waals surface area contributed by atoms with Gasteiger partial charge in [0.25, 0.3) is 0 Å². The van der Waals surface area contributed by atoms with E-state index in [1.54, 1.807) is 19.1 Å². The predicted octanol–water partition coefficient (Wildman–Crippen LogP) is 1.92. The van der Waals surface area contributed by atoms with Crippen LogP contribution in [-0.2, 0) is 4.79 Å². The molecule has 0 saturated carbocycles. The van der Waals surface area contributed by atoms with E-state index in [1.165, 1.54) is 6.07 Å². The quantitative estimate of drug-likeness (QED) is 0.889. The first-order chi connectivity index (χ1) is 9.35. The van der Waals surface area contributed by atoms with Gasteiger partial charge in [-0.05, 0) is 44.4 Å². The number of carbonyl (C=O) groups excluding carboxylic acids is 1. The van der Waals surface area contributed by atoms with Crippen LogP contribution in [-0.4, -0.2) is 41.1 Å². The zero-order chi connectivity index (χ0) is 14.8. The van der Waals surface area contributed by atoms with Gasteiger partial charge in [0.1, 0.15) is 5.82 Å². The molecule has 1 aliphatic rings. The third kappa shape index (κ3) is 4.02. The molecule has 2 N–H and O–H groups in total. The van der Waals surface area contributed by atoms with Crippen LogP contribution < -0.4 is 5.32 Å². The Morgan fingerprint density at radius 1 is 1.45 bits per heavy atom. The van der Waals surface area contributed by atoms with Crippen molar-refractivity contribution in [2.75, 3.05) is 25.0 Å². The molecule has 5 heteroatoms. The smallest absolute Gasteiger partial charge is 0.238 e. The highest BCUT2D eigenvalue weighted by Gasteiger charge is 2.27. The number of rotatable bonds is 3. The van der Waals surface area contributed by atoms with Gasteiger partial charge < -0.3 is 10.4 Å². The van der Waals surface area contributed by atoms with E-state index in [1.807, 2.05) is 11.8 Å². The van der Waals surface area contributed by atoms with E-state index >= 15 is 0 Å². The summed E-state index contributed by atoms with van der Waals surface area (Å²) >= 11 is 0. The molecule has 0 atom stereocenters. The number of anilines is 1. The molecule has 0 radical (unpaired) electrons. The Morgan fingerprint density at radius 2 is 2.10 bits per heavy atom. The number of amides is 1. The fourth-order valence-electron chi connectivity index (χ4n) is 2.27. The molecular weight excluding hydrogens is 259 g/mol. The molecular formula is C15H21FN2O2. The van der Waals surface area contributed by atoms with E-state index in [-0.39, 0.29) is 18.3 Å². The van der Waals surface area contributed by atoms with Crippen LogP contribution in [0, 0.1) is 12.7 Å². The second-order valence-electron chi connectivity index (χ2n) is 5.79. The van der Waals surface area contributed by atoms with Gasteiger partial charge in [-0.2, -0.15) is 0 Å². The van der Waals surface area contributed by atoms with Gasteiger partial charge in [0.05, 0.1) is 12.1 Å². The van der Waals surface area contributed by atoms with Crippen LogP contribution in [0.2, 0.25) is 0 Å². The molecule has 20 heavy (non-hydrogen) atoms. The highest BCUT2D eigenvalue weighted by Crippen LogP contribution is 2.21. The number of hydrogen-bond donors (Lipinski definition) is 2. The summed E-state index contributed by atoms with van der Waals surface area (Å²) < 4.78 is 13.4. The molecule has 0 bridgehead atoms. The molecule has 2 rings (SSSR count). The molecule has 1 saturated heterocycles. The SMILES string of the molecule is Cc1ccc(NC(=O)CN2CCC(C)(O)CC2)cc1F. The first kappa shape index (κ1) is 14.9. The summed E-state index contributed by atoms with van der Waals surface area (Å²) in [6.07, 6.45) is 1.33. The zero-order valence-corrected chi connectivity index (χ0v) is 11.9. The fraction of sp³-hybridized carbons (Fsp3) is 0.533. The second-order valence-corrected chi connectivity index (χ2v) is 5.79. The molecule has 1 amide bonds. The maximum atomic E-state index is 13.4. The first-order valence-electron chi connectivity index (χ1n) is 6.86. The topological polar surface area (TPSA) is 52.6 Å². The molecule has 1 aromatic carbocycles. The minimum Gasteiger partial charge on any atom is -0.390 e. The van der Waals surface area contributed by atoms with Crippen LogP contribution in [0.15, 0.2) is 18.2 Å². The monoisotopic (exact) mass is 280 g/mol. The number of benzene rings is 1. The van der Waals surface area contributed by atoms with E-state index in [9.17, 15) is 14.3 Å². The number of likely N-dealkylation sites (tertiary alicyclic amines) is 1. The van der Waals surface area contributed by atoms with Crippen molar-refractivity contribution in [3.8, 4) is 0 Å². The molecule has 110 valence electrons. The Kier molecular flexibility index (Phi) is 4.40. The van der Waals surface area contributed by atoms with Crippen molar-refractivity contribution in [2.45, 2.75) is 32.3 Å². The highest BCUT2D eigenvalue weighted by molar-refractivity contribution is 5.92. The minimum atomic E-state index is -0.618. The molecule has 1 heterocycles. The highest BCUT2D eigenvalue weighted by atomic mass is 19.1. The van der Waals surface area contributed by atoms with Crippen LogP contribution in [0.25, 0.3) is 0 Å². The number of piperidine rings is 1. The van der Waals surface area contributed by atoms with Crippen LogP contribution >= 0.6 is 0 Å². The van der Waals surface area contributed by atoms with Crippen molar-refractivity contribution < 1.29 is 14.3 Å². The van der Waals surface area contributed by atoms with Crippen molar-refractivity contribution in [3.63, 3.8) is 0 Å². The van der Waals surface area contributed by atoms with Crippen molar-refractivity contribution in [1.82, 2.24) is 4.90 Å². The largest absolute Gasteiger partial charge is 0.390 e. The number of nitrogens with zero attached hydrogens (tertiary/aromatic N) is 1. The summed E-state index contributed by atoms with van der Waals surface area (Å²) in [5.41, 5.74) is 0.413. The summed E-state index contributed by atoms with van der Waals surface area (Å²) in [5.74, 6) is -0.480. The average molecular weight is 280 g/mol. The van der Waals surface area contributed by atoms with Crippen molar-refractivity contribution >= 4 is 11.6 Å². The summed E-state index contributed by atoms with van der Waals surface area (Å²) in [5, 5.41) is 12.5. The number of aryl methyl sites for hydroxylation is 1. The third-order valence-corrected chi connectivity index (χ3v) is 3.76. The van der Waals surface area contributed by atoms with E-state index in [2.05, 4.69) is 5.32 Å². The van der Waals surface area contributed by atoms with Gasteiger partial charge in [-0.1, -0.05) is 6.07 Å². The lowest BCUT2D eigenvalue weighted by Gasteiger charge is -2.35. The van der Waals surface area contributed by atoms with Gasteiger partial charge in [-0.25, -0.2) is 4.39 Å². The average Bonchev–Trinajstić information content (AvgIpc) is 2.36. The Morgan fingerprint density at radius 3 is 2.70 bits per heavy atom. The minimum absolute atomic E-state index is 0.158. The third-order valence-electron chi connectivity index (χ3n) is 3.76. The number of carbonyl (C=O) groups is 1. The van der Waals surface area contributed by atoms with E-state index in [4.69, 9.17) is 0 Å². The van der Waals surface area contributed by atoms with Gasteiger partial charge in [0.15, 0.2) is 0 Å². The molecule has 4 nitrogen and oxygen atoms in total. The fourth-order valence-corrected chi connectivity index (χ4v) is 2.27. The Hall–Kier alpha value is -1.46. The lowest BCUT2D eigenvalue weighted by Crippen LogP contribution is -2.45. The van der Waals surface area contributed by atoms with E-state index in [0.29, 0.717) is 37.2 Å². The predicted molar refractivity (Wildman–Crippen MR) is 76.1 cm³/mol. The van der Waals surface area contributed by atoms with Crippen molar-refractivity contribution in [3.05, 3.63) is 29.6 Å². The summed E-state index contributed by atoms with van der Waals surface area (Å²) in [6, 6.07) is 4.66. The van der Waals surface area contributed by atoms with Gasteiger partial charge in [-0.3, -0.25) is 9.69 Å². The molecule has 1 fully saturated rings. The standard InChI is InChI=1S/C15H21FN2O2/c1-11-3-4-12(9-13(11)16)17-14(19)10-18-7-5-15(2,20)6-8-18/h3-4,9,20H,5-8,10H2,1-2H3,(H,17,19). The Labute approximate surface area is 118 Å². The van der Waals surface area contributed by atoms with Gasteiger partial charge in [-0.15, -0.1) is 0 Å². The van der Waals surface area contributed by atoms with Crippen LogP contribution in [0.4, 0.5) is 10.1 Å². The molecule has 0 unspecified atom stereocenters. The molecule has 1 aromatic rings. The lowest BCUT2D eigenvalue weighted by atomic mass is 9.94. The lowest BCUT2D eigenvalue weighted by molar-refractivity contribution is -0.118. The number of nitrogens with one attached hydrogen (secondary N) is 1. The van der Waals surface area contributed by atoms with Crippen molar-refractivity contribution in [2.24, 2.45) is 0 Å². The van der Waals surface area contributed by atoms with Gasteiger partial charge >= 0.3 is 0 Å². The number of aliphatic hydroxyl groups is 1. The molecule has 0 spiro atoms. The maximum Gasteiger partial charge on any atom is 0.238 e. The Bertz CT molecular complexity index is 493. The number of hydrogen-bond acceptors (Lipinski definition) is 3.